The number of halogens is 1. The molecule has 3 nitrogen and oxygen atoms in total. The largest absolute Gasteiger partial charge is 0.370 e. The maximum atomic E-state index is 11.0. The number of rotatable bonds is 6. The predicted octanol–water partition coefficient (Wildman–Crippen LogP) is 3.41. The number of thiophene rings is 2. The van der Waals surface area contributed by atoms with Gasteiger partial charge < -0.3 is 11.1 Å². The Morgan fingerprint density at radius 1 is 1.42 bits per heavy atom. The number of hydrogen-bond donors (Lipinski definition) is 2. The van der Waals surface area contributed by atoms with E-state index in [1.54, 1.807) is 22.7 Å². The summed E-state index contributed by atoms with van der Waals surface area (Å²) in [6.45, 7) is 1.96. The van der Waals surface area contributed by atoms with Crippen LogP contribution < -0.4 is 11.1 Å². The van der Waals surface area contributed by atoms with Gasteiger partial charge in [0, 0.05) is 22.2 Å². The van der Waals surface area contributed by atoms with Gasteiger partial charge in [0.15, 0.2) is 0 Å². The Morgan fingerprint density at radius 3 is 2.74 bits per heavy atom. The molecule has 6 heteroatoms. The molecular formula is C13H15ClN2OS2. The molecule has 2 aromatic rings. The number of carbonyl (C=O) groups is 1. The van der Waals surface area contributed by atoms with Crippen LogP contribution in [0, 0.1) is 0 Å². The monoisotopic (exact) mass is 314 g/mol. The molecule has 2 aromatic heterocycles. The van der Waals surface area contributed by atoms with Crippen molar-refractivity contribution in [3.05, 3.63) is 43.7 Å². The number of amides is 1. The van der Waals surface area contributed by atoms with Crippen LogP contribution in [0.4, 0.5) is 0 Å². The van der Waals surface area contributed by atoms with E-state index >= 15 is 0 Å². The van der Waals surface area contributed by atoms with Crippen molar-refractivity contribution in [3.63, 3.8) is 0 Å². The number of nitrogens with two attached hydrogens (primary N) is 1. The van der Waals surface area contributed by atoms with Crippen molar-refractivity contribution < 1.29 is 4.79 Å². The fourth-order valence-corrected chi connectivity index (χ4v) is 3.91. The highest BCUT2D eigenvalue weighted by Crippen LogP contribution is 2.33. The summed E-state index contributed by atoms with van der Waals surface area (Å²) in [5, 5.41) is 5.48. The van der Waals surface area contributed by atoms with Gasteiger partial charge in [-0.2, -0.15) is 0 Å². The zero-order valence-electron chi connectivity index (χ0n) is 10.4. The first-order chi connectivity index (χ1) is 9.06. The van der Waals surface area contributed by atoms with E-state index in [0.717, 1.165) is 9.21 Å². The molecule has 0 aliphatic rings. The highest BCUT2D eigenvalue weighted by atomic mass is 35.5. The first-order valence-corrected chi connectivity index (χ1v) is 7.96. The van der Waals surface area contributed by atoms with Gasteiger partial charge in [-0.25, -0.2) is 0 Å². The minimum Gasteiger partial charge on any atom is -0.370 e. The highest BCUT2D eigenvalue weighted by Gasteiger charge is 2.20. The van der Waals surface area contributed by atoms with Crippen molar-refractivity contribution in [2.45, 2.75) is 25.4 Å². The van der Waals surface area contributed by atoms with Crippen LogP contribution in [0.3, 0.4) is 0 Å². The van der Waals surface area contributed by atoms with Crippen LogP contribution in [-0.4, -0.2) is 11.9 Å². The number of nitrogens with one attached hydrogen (secondary N) is 1. The SMILES string of the molecule is CC(CC(N)=O)NC(c1cccs1)c1ccc(Cl)s1. The Balaban J connectivity index is 2.18. The maximum absolute atomic E-state index is 11.0. The van der Waals surface area contributed by atoms with E-state index in [0.29, 0.717) is 6.42 Å². The van der Waals surface area contributed by atoms with Gasteiger partial charge in [-0.05, 0) is 30.5 Å². The third-order valence-corrected chi connectivity index (χ3v) is 4.90. The summed E-state index contributed by atoms with van der Waals surface area (Å²) in [5.41, 5.74) is 5.24. The Kier molecular flexibility index (Phi) is 4.99. The Bertz CT molecular complexity index is 539. The second kappa shape index (κ2) is 6.52. The minimum absolute atomic E-state index is 0.0190. The van der Waals surface area contributed by atoms with Gasteiger partial charge in [-0.15, -0.1) is 22.7 Å². The molecule has 3 N–H and O–H groups in total. The van der Waals surface area contributed by atoms with Crippen molar-refractivity contribution >= 4 is 40.2 Å². The van der Waals surface area contributed by atoms with E-state index in [4.69, 9.17) is 17.3 Å². The summed E-state index contributed by atoms with van der Waals surface area (Å²) in [7, 11) is 0. The maximum Gasteiger partial charge on any atom is 0.218 e. The van der Waals surface area contributed by atoms with Gasteiger partial charge in [0.2, 0.25) is 5.91 Å². The quantitative estimate of drug-likeness (QED) is 0.858. The summed E-state index contributed by atoms with van der Waals surface area (Å²) >= 11 is 9.24. The van der Waals surface area contributed by atoms with Crippen LogP contribution in [0.15, 0.2) is 29.6 Å². The molecule has 0 radical (unpaired) electrons. The van der Waals surface area contributed by atoms with Crippen molar-refractivity contribution in [1.29, 1.82) is 0 Å². The molecule has 102 valence electrons. The molecule has 2 unspecified atom stereocenters. The summed E-state index contributed by atoms with van der Waals surface area (Å²) in [6.07, 6.45) is 0.320. The summed E-state index contributed by atoms with van der Waals surface area (Å²) in [4.78, 5) is 13.3. The molecule has 2 atom stereocenters. The van der Waals surface area contributed by atoms with Gasteiger partial charge in [0.05, 0.1) is 10.4 Å². The standard InChI is InChI=1S/C13H15ClN2OS2/c1-8(7-12(15)17)16-13(9-3-2-6-18-9)10-4-5-11(14)19-10/h2-6,8,13,16H,7H2,1H3,(H2,15,17). The lowest BCUT2D eigenvalue weighted by Crippen LogP contribution is -2.34. The molecule has 0 aliphatic heterocycles. The van der Waals surface area contributed by atoms with E-state index in [1.807, 2.05) is 30.5 Å². The molecule has 0 saturated carbocycles. The van der Waals surface area contributed by atoms with Gasteiger partial charge in [-0.1, -0.05) is 17.7 Å². The van der Waals surface area contributed by atoms with Crippen LogP contribution in [0.5, 0.6) is 0 Å². The third kappa shape index (κ3) is 4.04. The molecule has 0 spiro atoms. The Labute approximate surface area is 125 Å². The molecule has 0 aromatic carbocycles. The summed E-state index contributed by atoms with van der Waals surface area (Å²) < 4.78 is 0.765. The molecule has 1 amide bonds. The smallest absolute Gasteiger partial charge is 0.218 e. The lowest BCUT2D eigenvalue weighted by Gasteiger charge is -2.20. The van der Waals surface area contributed by atoms with Gasteiger partial charge in [-0.3, -0.25) is 4.79 Å². The van der Waals surface area contributed by atoms with Crippen molar-refractivity contribution in [2.24, 2.45) is 5.73 Å². The molecule has 0 aliphatic carbocycles. The molecule has 0 saturated heterocycles. The molecule has 0 bridgehead atoms. The van der Waals surface area contributed by atoms with Crippen molar-refractivity contribution in [3.8, 4) is 0 Å². The van der Waals surface area contributed by atoms with E-state index in [9.17, 15) is 4.79 Å². The zero-order valence-corrected chi connectivity index (χ0v) is 12.8. The van der Waals surface area contributed by atoms with Crippen LogP contribution >= 0.6 is 34.3 Å². The normalized spacial score (nSPS) is 14.2. The zero-order chi connectivity index (χ0) is 13.8. The lowest BCUT2D eigenvalue weighted by atomic mass is 10.1. The average molecular weight is 315 g/mol. The average Bonchev–Trinajstić information content (AvgIpc) is 2.95. The number of carbonyl (C=O) groups excluding carboxylic acids is 1. The van der Waals surface area contributed by atoms with Crippen LogP contribution in [-0.2, 0) is 4.79 Å². The predicted molar refractivity (Wildman–Crippen MR) is 81.9 cm³/mol. The first kappa shape index (κ1) is 14.5. The van der Waals surface area contributed by atoms with E-state index in [-0.39, 0.29) is 18.0 Å². The van der Waals surface area contributed by atoms with Crippen LogP contribution in [0.2, 0.25) is 4.34 Å². The van der Waals surface area contributed by atoms with Crippen molar-refractivity contribution in [2.75, 3.05) is 0 Å². The van der Waals surface area contributed by atoms with E-state index in [1.165, 1.54) is 4.88 Å². The Morgan fingerprint density at radius 2 is 2.21 bits per heavy atom. The number of primary amides is 1. The molecule has 2 heterocycles. The molecule has 0 fully saturated rings. The molecule has 2 rings (SSSR count). The summed E-state index contributed by atoms with van der Waals surface area (Å²) in [5.74, 6) is -0.297. The van der Waals surface area contributed by atoms with Crippen molar-refractivity contribution in [1.82, 2.24) is 5.32 Å². The fraction of sp³-hybridized carbons (Fsp3) is 0.308. The Hall–Kier alpha value is -0.880. The lowest BCUT2D eigenvalue weighted by molar-refractivity contribution is -0.118. The second-order valence-corrected chi connectivity index (χ2v) is 7.05. The second-order valence-electron chi connectivity index (χ2n) is 4.33. The highest BCUT2D eigenvalue weighted by molar-refractivity contribution is 7.16. The fourth-order valence-electron chi connectivity index (χ4n) is 1.89. The topological polar surface area (TPSA) is 55.1 Å². The van der Waals surface area contributed by atoms with E-state index < -0.39 is 0 Å². The minimum atomic E-state index is -0.297. The molecule has 19 heavy (non-hydrogen) atoms. The van der Waals surface area contributed by atoms with Crippen LogP contribution in [0.1, 0.15) is 29.1 Å². The summed E-state index contributed by atoms with van der Waals surface area (Å²) in [6, 6.07) is 8.08. The molecular weight excluding hydrogens is 300 g/mol. The van der Waals surface area contributed by atoms with Gasteiger partial charge in [0.25, 0.3) is 0 Å². The van der Waals surface area contributed by atoms with E-state index in [2.05, 4.69) is 11.4 Å². The number of hydrogen-bond acceptors (Lipinski definition) is 4. The van der Waals surface area contributed by atoms with Gasteiger partial charge >= 0.3 is 0 Å². The van der Waals surface area contributed by atoms with Crippen LogP contribution in [0.25, 0.3) is 0 Å². The van der Waals surface area contributed by atoms with Gasteiger partial charge in [0.1, 0.15) is 0 Å². The first-order valence-electron chi connectivity index (χ1n) is 5.89. The third-order valence-electron chi connectivity index (χ3n) is 2.66.